The van der Waals surface area contributed by atoms with Crippen LogP contribution in [0.3, 0.4) is 0 Å². The SMILES string of the molecule is OC[C@H]1O[C@H](c2ccc(-c3ccc(-c4ccc(-c5ccc(-c6ccc(-c7cccs7)s6)s5)s4)s3)s2)CC1O. The number of hydrogen-bond donors (Lipinski definition) is 2. The van der Waals surface area contributed by atoms with Crippen molar-refractivity contribution in [3.8, 4) is 48.8 Å². The number of hydrogen-bond acceptors (Lipinski definition) is 9. The molecule has 9 heteroatoms. The van der Waals surface area contributed by atoms with E-state index >= 15 is 0 Å². The van der Waals surface area contributed by atoms with E-state index in [0.717, 1.165) is 4.88 Å². The number of ether oxygens (including phenoxy) is 1. The van der Waals surface area contributed by atoms with Crippen LogP contribution in [-0.2, 0) is 4.74 Å². The van der Waals surface area contributed by atoms with E-state index in [0.29, 0.717) is 6.42 Å². The number of rotatable bonds is 7. The van der Waals surface area contributed by atoms with Gasteiger partial charge in [0, 0.05) is 60.1 Å². The highest BCUT2D eigenvalue weighted by atomic mass is 32.1. The van der Waals surface area contributed by atoms with E-state index < -0.39 is 12.2 Å². The van der Waals surface area contributed by atoms with Gasteiger partial charge in [-0.2, -0.15) is 0 Å². The maximum atomic E-state index is 10.1. The lowest BCUT2D eigenvalue weighted by molar-refractivity contribution is -0.0216. The van der Waals surface area contributed by atoms with Gasteiger partial charge in [0.05, 0.1) is 18.8 Å². The minimum atomic E-state index is -0.606. The molecule has 3 nitrogen and oxygen atoms in total. The van der Waals surface area contributed by atoms with Crippen LogP contribution in [0.1, 0.15) is 17.4 Å². The van der Waals surface area contributed by atoms with E-state index in [1.807, 2.05) is 45.3 Å². The van der Waals surface area contributed by atoms with Crippen molar-refractivity contribution in [1.29, 1.82) is 0 Å². The van der Waals surface area contributed by atoms with E-state index in [1.54, 1.807) is 22.7 Å². The Morgan fingerprint density at radius 2 is 1.05 bits per heavy atom. The Morgan fingerprint density at radius 3 is 1.47 bits per heavy atom. The molecule has 0 bridgehead atoms. The van der Waals surface area contributed by atoms with Crippen LogP contribution in [0.5, 0.6) is 0 Å². The Kier molecular flexibility index (Phi) is 6.98. The number of thiophene rings is 6. The first kappa shape index (κ1) is 25.1. The smallest absolute Gasteiger partial charge is 0.107 e. The summed E-state index contributed by atoms with van der Waals surface area (Å²) in [6.45, 7) is -0.148. The van der Waals surface area contributed by atoms with Crippen LogP contribution in [0.25, 0.3) is 48.8 Å². The van der Waals surface area contributed by atoms with Gasteiger partial charge in [-0.3, -0.25) is 0 Å². The normalized spacial score (nSPS) is 19.5. The van der Waals surface area contributed by atoms with Gasteiger partial charge in [0.1, 0.15) is 6.10 Å². The lowest BCUT2D eigenvalue weighted by atomic mass is 10.1. The van der Waals surface area contributed by atoms with Gasteiger partial charge in [0.2, 0.25) is 0 Å². The maximum absolute atomic E-state index is 10.1. The molecule has 0 spiro atoms. The molecule has 1 unspecified atom stereocenters. The molecule has 192 valence electrons. The largest absolute Gasteiger partial charge is 0.394 e. The first-order valence-corrected chi connectivity index (χ1v) is 17.1. The zero-order valence-electron chi connectivity index (χ0n) is 19.9. The Hall–Kier alpha value is -1.92. The molecular formula is C29H22O3S6. The van der Waals surface area contributed by atoms with Crippen molar-refractivity contribution in [3.05, 3.63) is 83.1 Å². The van der Waals surface area contributed by atoms with Crippen LogP contribution < -0.4 is 0 Å². The van der Waals surface area contributed by atoms with Crippen molar-refractivity contribution in [2.24, 2.45) is 0 Å². The molecule has 0 radical (unpaired) electrons. The van der Waals surface area contributed by atoms with E-state index in [-0.39, 0.29) is 12.7 Å². The van der Waals surface area contributed by atoms with Crippen LogP contribution >= 0.6 is 68.0 Å². The summed E-state index contributed by atoms with van der Waals surface area (Å²) >= 11 is 10.9. The van der Waals surface area contributed by atoms with Crippen molar-refractivity contribution in [2.45, 2.75) is 24.7 Å². The summed E-state index contributed by atoms with van der Waals surface area (Å²) < 4.78 is 5.84. The van der Waals surface area contributed by atoms with Gasteiger partial charge in [-0.25, -0.2) is 0 Å². The molecule has 0 aliphatic carbocycles. The molecule has 6 aromatic rings. The van der Waals surface area contributed by atoms with Crippen LogP contribution in [0, 0.1) is 0 Å². The van der Waals surface area contributed by atoms with E-state index in [9.17, 15) is 10.2 Å². The minimum Gasteiger partial charge on any atom is -0.394 e. The van der Waals surface area contributed by atoms with Gasteiger partial charge in [0.15, 0.2) is 0 Å². The van der Waals surface area contributed by atoms with Gasteiger partial charge in [-0.15, -0.1) is 68.0 Å². The van der Waals surface area contributed by atoms with Crippen LogP contribution in [-0.4, -0.2) is 29.0 Å². The van der Waals surface area contributed by atoms with Crippen molar-refractivity contribution in [2.75, 3.05) is 6.61 Å². The summed E-state index contributed by atoms with van der Waals surface area (Å²) in [5.74, 6) is 0. The van der Waals surface area contributed by atoms with Gasteiger partial charge in [0.25, 0.3) is 0 Å². The average molecular weight is 611 g/mol. The summed E-state index contributed by atoms with van der Waals surface area (Å²) in [6.07, 6.45) is -0.705. The van der Waals surface area contributed by atoms with Gasteiger partial charge < -0.3 is 14.9 Å². The highest BCUT2D eigenvalue weighted by Gasteiger charge is 2.35. The zero-order valence-corrected chi connectivity index (χ0v) is 24.8. The molecule has 0 amide bonds. The average Bonchev–Trinajstić information content (AvgIpc) is 3.75. The molecule has 7 rings (SSSR count). The lowest BCUT2D eigenvalue weighted by Crippen LogP contribution is -2.24. The van der Waals surface area contributed by atoms with Crippen LogP contribution in [0.2, 0.25) is 0 Å². The van der Waals surface area contributed by atoms with Crippen molar-refractivity contribution < 1.29 is 14.9 Å². The Morgan fingerprint density at radius 1 is 0.605 bits per heavy atom. The second kappa shape index (κ2) is 10.6. The fourth-order valence-electron chi connectivity index (χ4n) is 4.56. The predicted molar refractivity (Wildman–Crippen MR) is 166 cm³/mol. The zero-order chi connectivity index (χ0) is 25.6. The third kappa shape index (κ3) is 4.81. The van der Waals surface area contributed by atoms with Crippen molar-refractivity contribution in [1.82, 2.24) is 0 Å². The third-order valence-corrected chi connectivity index (χ3v) is 13.9. The fourth-order valence-corrected chi connectivity index (χ4v) is 10.8. The topological polar surface area (TPSA) is 49.7 Å². The Labute approximate surface area is 244 Å². The second-order valence-corrected chi connectivity index (χ2v) is 15.4. The molecule has 1 fully saturated rings. The van der Waals surface area contributed by atoms with E-state index in [1.165, 1.54) is 48.8 Å². The highest BCUT2D eigenvalue weighted by molar-refractivity contribution is 7.30. The molecule has 1 saturated heterocycles. The molecule has 1 aliphatic rings. The summed E-state index contributed by atoms with van der Waals surface area (Å²) in [5.41, 5.74) is 0. The molecule has 3 atom stereocenters. The second-order valence-electron chi connectivity index (χ2n) is 8.98. The summed E-state index contributed by atoms with van der Waals surface area (Å²) in [4.78, 5) is 14.0. The molecule has 38 heavy (non-hydrogen) atoms. The molecule has 1 aliphatic heterocycles. The third-order valence-electron chi connectivity index (χ3n) is 6.51. The molecular weight excluding hydrogens is 589 g/mol. The first-order chi connectivity index (χ1) is 18.6. The highest BCUT2D eigenvalue weighted by Crippen LogP contribution is 2.46. The Bertz CT molecular complexity index is 1660. The Balaban J connectivity index is 1.07. The lowest BCUT2D eigenvalue weighted by Gasteiger charge is -2.10. The van der Waals surface area contributed by atoms with Gasteiger partial charge >= 0.3 is 0 Å². The monoisotopic (exact) mass is 610 g/mol. The molecule has 0 aromatic carbocycles. The van der Waals surface area contributed by atoms with Gasteiger partial charge in [-0.1, -0.05) is 6.07 Å². The summed E-state index contributed by atoms with van der Waals surface area (Å²) in [5, 5.41) is 21.6. The maximum Gasteiger partial charge on any atom is 0.107 e. The predicted octanol–water partition coefficient (Wildman–Crippen LogP) is 9.57. The van der Waals surface area contributed by atoms with Crippen molar-refractivity contribution >= 4 is 68.0 Å². The number of aliphatic hydroxyl groups is 2. The molecule has 7 heterocycles. The summed E-state index contributed by atoms with van der Waals surface area (Å²) in [7, 11) is 0. The molecule has 2 N–H and O–H groups in total. The van der Waals surface area contributed by atoms with Gasteiger partial charge in [-0.05, 0) is 72.1 Å². The van der Waals surface area contributed by atoms with E-state index in [2.05, 4.69) is 78.2 Å². The quantitative estimate of drug-likeness (QED) is 0.189. The van der Waals surface area contributed by atoms with E-state index in [4.69, 9.17) is 4.74 Å². The van der Waals surface area contributed by atoms with Crippen LogP contribution in [0.15, 0.2) is 78.2 Å². The van der Waals surface area contributed by atoms with Crippen molar-refractivity contribution in [3.63, 3.8) is 0 Å². The standard InChI is InChI=1S/C29H22O3S6/c30-15-18-16(31)14-17(32-18)19-3-4-22(34-19)23-7-8-26(36-23)27-11-12-29(38-27)28-10-9-25(37-28)24-6-5-21(35-24)20-2-1-13-33-20/h1-13,16-18,30-31H,14-15H2/t16?,17-,18+/m0/s1. The molecule has 0 saturated carbocycles. The molecule has 6 aromatic heterocycles. The summed E-state index contributed by atoms with van der Waals surface area (Å²) in [6, 6.07) is 26.4. The fraction of sp³-hybridized carbons (Fsp3) is 0.172. The first-order valence-electron chi connectivity index (χ1n) is 12.1. The minimum absolute atomic E-state index is 0.146. The number of aliphatic hydroxyl groups excluding tert-OH is 2. The van der Waals surface area contributed by atoms with Crippen LogP contribution in [0.4, 0.5) is 0 Å².